The first-order valence-electron chi connectivity index (χ1n) is 8.19. The number of nitrogen functional groups attached to an aromatic ring is 1. The number of anilines is 1. The third kappa shape index (κ3) is 4.82. The van der Waals surface area contributed by atoms with E-state index in [1.807, 2.05) is 12.1 Å². The average molecular weight is 274 g/mol. The van der Waals surface area contributed by atoms with Crippen molar-refractivity contribution in [1.82, 2.24) is 4.90 Å². The second-order valence-electron chi connectivity index (χ2n) is 6.62. The molecule has 0 aromatic heterocycles. The lowest BCUT2D eigenvalue weighted by molar-refractivity contribution is 0.229. The largest absolute Gasteiger partial charge is 0.399 e. The van der Waals surface area contributed by atoms with Crippen molar-refractivity contribution in [2.45, 2.75) is 51.4 Å². The molecule has 1 aromatic carbocycles. The van der Waals surface area contributed by atoms with Gasteiger partial charge in [0.15, 0.2) is 0 Å². The lowest BCUT2D eigenvalue weighted by Crippen LogP contribution is -2.28. The summed E-state index contributed by atoms with van der Waals surface area (Å²) in [4.78, 5) is 2.53. The summed E-state index contributed by atoms with van der Waals surface area (Å²) in [5, 5.41) is 0. The zero-order valence-corrected chi connectivity index (χ0v) is 13.1. The monoisotopic (exact) mass is 274 g/mol. The van der Waals surface area contributed by atoms with Gasteiger partial charge in [-0.05, 0) is 62.4 Å². The Morgan fingerprint density at radius 1 is 1.15 bits per heavy atom. The highest BCUT2D eigenvalue weighted by Crippen LogP contribution is 2.25. The molecule has 1 atom stereocenters. The highest BCUT2D eigenvalue weighted by atomic mass is 15.1. The van der Waals surface area contributed by atoms with E-state index in [0.717, 1.165) is 11.6 Å². The quantitative estimate of drug-likeness (QED) is 0.785. The second kappa shape index (κ2) is 7.68. The number of nitrogens with zero attached hydrogens (tertiary/aromatic N) is 1. The van der Waals surface area contributed by atoms with Crippen molar-refractivity contribution in [3.63, 3.8) is 0 Å². The normalized spacial score (nSPS) is 18.4. The maximum atomic E-state index is 5.74. The molecule has 2 rings (SSSR count). The van der Waals surface area contributed by atoms with Gasteiger partial charge in [0.2, 0.25) is 0 Å². The molecule has 112 valence electrons. The number of benzene rings is 1. The molecule has 1 saturated carbocycles. The Morgan fingerprint density at radius 3 is 2.45 bits per heavy atom. The van der Waals surface area contributed by atoms with Crippen LogP contribution in [0.1, 0.15) is 56.9 Å². The summed E-state index contributed by atoms with van der Waals surface area (Å²) in [6, 6.07) is 8.36. The maximum Gasteiger partial charge on any atom is 0.0314 e. The van der Waals surface area contributed by atoms with Crippen LogP contribution in [0.4, 0.5) is 5.69 Å². The first kappa shape index (κ1) is 15.4. The minimum absolute atomic E-state index is 0.615. The van der Waals surface area contributed by atoms with Crippen molar-refractivity contribution in [3.05, 3.63) is 29.8 Å². The highest BCUT2D eigenvalue weighted by molar-refractivity contribution is 5.40. The number of rotatable bonds is 6. The second-order valence-corrected chi connectivity index (χ2v) is 6.62. The van der Waals surface area contributed by atoms with Gasteiger partial charge in [-0.15, -0.1) is 0 Å². The van der Waals surface area contributed by atoms with Crippen molar-refractivity contribution < 1.29 is 0 Å². The van der Waals surface area contributed by atoms with E-state index in [1.165, 1.54) is 57.2 Å². The van der Waals surface area contributed by atoms with E-state index >= 15 is 0 Å². The van der Waals surface area contributed by atoms with Gasteiger partial charge in [-0.1, -0.05) is 38.3 Å². The molecule has 1 unspecified atom stereocenters. The van der Waals surface area contributed by atoms with Crippen LogP contribution in [-0.2, 0) is 0 Å². The van der Waals surface area contributed by atoms with E-state index in [1.54, 1.807) is 0 Å². The van der Waals surface area contributed by atoms with Crippen LogP contribution in [0.3, 0.4) is 0 Å². The summed E-state index contributed by atoms with van der Waals surface area (Å²) in [7, 11) is 2.28. The lowest BCUT2D eigenvalue weighted by Gasteiger charge is -2.27. The fourth-order valence-electron chi connectivity index (χ4n) is 3.31. The van der Waals surface area contributed by atoms with Crippen molar-refractivity contribution in [1.29, 1.82) is 0 Å². The van der Waals surface area contributed by atoms with Crippen molar-refractivity contribution in [2.75, 3.05) is 25.9 Å². The third-order valence-electron chi connectivity index (χ3n) is 4.74. The van der Waals surface area contributed by atoms with Crippen LogP contribution in [0.15, 0.2) is 24.3 Å². The molecular formula is C18H30N2. The van der Waals surface area contributed by atoms with Gasteiger partial charge in [0, 0.05) is 12.2 Å². The summed E-state index contributed by atoms with van der Waals surface area (Å²) in [5.74, 6) is 1.56. The van der Waals surface area contributed by atoms with E-state index in [-0.39, 0.29) is 0 Å². The van der Waals surface area contributed by atoms with Crippen molar-refractivity contribution in [3.8, 4) is 0 Å². The first-order valence-corrected chi connectivity index (χ1v) is 8.19. The molecule has 0 bridgehead atoms. The van der Waals surface area contributed by atoms with E-state index in [0.29, 0.717) is 5.92 Å². The Bertz CT molecular complexity index is 379. The average Bonchev–Trinajstić information content (AvgIpc) is 2.46. The fourth-order valence-corrected chi connectivity index (χ4v) is 3.31. The van der Waals surface area contributed by atoms with Crippen LogP contribution in [0, 0.1) is 5.92 Å². The van der Waals surface area contributed by atoms with Crippen LogP contribution in [0.5, 0.6) is 0 Å². The fraction of sp³-hybridized carbons (Fsp3) is 0.667. The van der Waals surface area contributed by atoms with Gasteiger partial charge in [0.1, 0.15) is 0 Å². The highest BCUT2D eigenvalue weighted by Gasteiger charge is 2.15. The lowest BCUT2D eigenvalue weighted by atomic mass is 9.89. The number of nitrogens with two attached hydrogens (primary N) is 1. The molecule has 0 saturated heterocycles. The molecule has 1 aliphatic rings. The third-order valence-corrected chi connectivity index (χ3v) is 4.74. The Balaban J connectivity index is 1.71. The van der Waals surface area contributed by atoms with Gasteiger partial charge in [0.25, 0.3) is 0 Å². The smallest absolute Gasteiger partial charge is 0.0314 e. The van der Waals surface area contributed by atoms with E-state index in [4.69, 9.17) is 5.73 Å². The minimum Gasteiger partial charge on any atom is -0.399 e. The molecule has 0 amide bonds. The molecule has 1 aromatic rings. The standard InChI is InChI=1S/C18H30N2/c1-15(17-8-10-18(19)11-9-17)12-13-20(2)14-16-6-4-3-5-7-16/h8-11,15-16H,3-7,12-14,19H2,1-2H3. The van der Waals surface area contributed by atoms with Crippen LogP contribution < -0.4 is 5.73 Å². The molecule has 0 heterocycles. The van der Waals surface area contributed by atoms with E-state index < -0.39 is 0 Å². The van der Waals surface area contributed by atoms with E-state index in [9.17, 15) is 0 Å². The molecular weight excluding hydrogens is 244 g/mol. The molecule has 1 aliphatic carbocycles. The predicted molar refractivity (Wildman–Crippen MR) is 88.0 cm³/mol. The Labute approximate surface area is 124 Å². The molecule has 0 radical (unpaired) electrons. The van der Waals surface area contributed by atoms with Crippen molar-refractivity contribution in [2.24, 2.45) is 5.92 Å². The molecule has 20 heavy (non-hydrogen) atoms. The summed E-state index contributed by atoms with van der Waals surface area (Å²) < 4.78 is 0. The van der Waals surface area contributed by atoms with Crippen LogP contribution >= 0.6 is 0 Å². The number of hydrogen-bond donors (Lipinski definition) is 1. The Hall–Kier alpha value is -1.02. The maximum absolute atomic E-state index is 5.74. The van der Waals surface area contributed by atoms with Crippen LogP contribution in [0.2, 0.25) is 0 Å². The van der Waals surface area contributed by atoms with Gasteiger partial charge in [-0.3, -0.25) is 0 Å². The topological polar surface area (TPSA) is 29.3 Å². The van der Waals surface area contributed by atoms with Crippen molar-refractivity contribution >= 4 is 5.69 Å². The molecule has 1 fully saturated rings. The van der Waals surface area contributed by atoms with Crippen LogP contribution in [0.25, 0.3) is 0 Å². The van der Waals surface area contributed by atoms with Gasteiger partial charge >= 0.3 is 0 Å². The van der Waals surface area contributed by atoms with Crippen LogP contribution in [-0.4, -0.2) is 25.0 Å². The summed E-state index contributed by atoms with van der Waals surface area (Å²) in [6.07, 6.45) is 8.46. The van der Waals surface area contributed by atoms with Gasteiger partial charge in [0.05, 0.1) is 0 Å². The zero-order valence-electron chi connectivity index (χ0n) is 13.1. The Morgan fingerprint density at radius 2 is 1.80 bits per heavy atom. The van der Waals surface area contributed by atoms with Gasteiger partial charge < -0.3 is 10.6 Å². The SMILES string of the molecule is CC(CCN(C)CC1CCCCC1)c1ccc(N)cc1. The van der Waals surface area contributed by atoms with Gasteiger partial charge in [-0.25, -0.2) is 0 Å². The summed E-state index contributed by atoms with van der Waals surface area (Å²) in [6.45, 7) is 4.80. The number of hydrogen-bond acceptors (Lipinski definition) is 2. The minimum atomic E-state index is 0.615. The predicted octanol–water partition coefficient (Wildman–Crippen LogP) is 4.27. The molecule has 0 spiro atoms. The zero-order chi connectivity index (χ0) is 14.4. The molecule has 2 heteroatoms. The van der Waals surface area contributed by atoms with E-state index in [2.05, 4.69) is 31.0 Å². The summed E-state index contributed by atoms with van der Waals surface area (Å²) in [5.41, 5.74) is 8.01. The summed E-state index contributed by atoms with van der Waals surface area (Å²) >= 11 is 0. The Kier molecular flexibility index (Phi) is 5.90. The van der Waals surface area contributed by atoms with Gasteiger partial charge in [-0.2, -0.15) is 0 Å². The first-order chi connectivity index (χ1) is 9.65. The molecule has 2 N–H and O–H groups in total. The molecule has 2 nitrogen and oxygen atoms in total. The molecule has 0 aliphatic heterocycles.